The van der Waals surface area contributed by atoms with E-state index in [9.17, 15) is 4.79 Å². The second-order valence-corrected chi connectivity index (χ2v) is 6.33. The van der Waals surface area contributed by atoms with Crippen LogP contribution in [0.25, 0.3) is 0 Å². The lowest BCUT2D eigenvalue weighted by Gasteiger charge is -2.32. The maximum atomic E-state index is 11.7. The van der Waals surface area contributed by atoms with E-state index in [1.807, 2.05) is 19.4 Å². The number of aromatic nitrogens is 1. The van der Waals surface area contributed by atoms with Crippen molar-refractivity contribution in [2.75, 3.05) is 26.7 Å². The van der Waals surface area contributed by atoms with E-state index in [2.05, 4.69) is 20.6 Å². The Labute approximate surface area is 164 Å². The molecule has 1 aromatic rings. The van der Waals surface area contributed by atoms with E-state index in [-0.39, 0.29) is 30.1 Å². The molecule has 0 saturated carbocycles. The highest BCUT2D eigenvalue weighted by Crippen LogP contribution is 2.13. The first kappa shape index (κ1) is 20.9. The van der Waals surface area contributed by atoms with E-state index >= 15 is 0 Å². The summed E-state index contributed by atoms with van der Waals surface area (Å²) in [6, 6.07) is 0.314. The van der Waals surface area contributed by atoms with Crippen molar-refractivity contribution >= 4 is 47.4 Å². The van der Waals surface area contributed by atoms with Gasteiger partial charge in [-0.05, 0) is 26.7 Å². The maximum Gasteiger partial charge on any atom is 0.409 e. The number of carbonyl (C=O) groups excluding carboxylic acids is 1. The van der Waals surface area contributed by atoms with E-state index < -0.39 is 0 Å². The molecule has 2 rings (SSSR count). The Bertz CT molecular complexity index is 544. The molecule has 9 heteroatoms. The monoisotopic (exact) mass is 467 g/mol. The highest BCUT2D eigenvalue weighted by Gasteiger charge is 2.24. The molecule has 7 nitrogen and oxygen atoms in total. The van der Waals surface area contributed by atoms with Crippen molar-refractivity contribution in [3.05, 3.63) is 16.1 Å². The highest BCUT2D eigenvalue weighted by molar-refractivity contribution is 14.0. The topological polar surface area (TPSA) is 78.8 Å². The molecule has 136 valence electrons. The van der Waals surface area contributed by atoms with Crippen LogP contribution < -0.4 is 10.6 Å². The minimum absolute atomic E-state index is 0. The molecule has 1 saturated heterocycles. The molecule has 0 aliphatic carbocycles. The second-order valence-electron chi connectivity index (χ2n) is 5.39. The third-order valence-electron chi connectivity index (χ3n) is 3.85. The SMILES string of the molecule is CCOC(=O)N1CCC(NC(=NC)NCc2scnc2C)CC1.I. The van der Waals surface area contributed by atoms with Crippen molar-refractivity contribution < 1.29 is 9.53 Å². The normalized spacial score (nSPS) is 15.6. The predicted octanol–water partition coefficient (Wildman–Crippen LogP) is 2.36. The van der Waals surface area contributed by atoms with Crippen molar-refractivity contribution in [1.82, 2.24) is 20.5 Å². The summed E-state index contributed by atoms with van der Waals surface area (Å²) in [6.07, 6.45) is 1.56. The molecule has 1 aliphatic rings. The maximum absolute atomic E-state index is 11.7. The van der Waals surface area contributed by atoms with Gasteiger partial charge in [-0.2, -0.15) is 0 Å². The zero-order valence-corrected chi connectivity index (χ0v) is 17.5. The quantitative estimate of drug-likeness (QED) is 0.404. The van der Waals surface area contributed by atoms with E-state index in [0.717, 1.165) is 31.0 Å². The number of rotatable bonds is 4. The molecule has 1 amide bonds. The van der Waals surface area contributed by atoms with Crippen molar-refractivity contribution in [1.29, 1.82) is 0 Å². The molecule has 0 aromatic carbocycles. The number of aliphatic imine (C=N–C) groups is 1. The number of nitrogens with zero attached hydrogens (tertiary/aromatic N) is 3. The molecule has 24 heavy (non-hydrogen) atoms. The molecule has 0 spiro atoms. The van der Waals surface area contributed by atoms with Crippen LogP contribution in [-0.4, -0.2) is 54.7 Å². The van der Waals surface area contributed by atoms with Crippen LogP contribution in [0.5, 0.6) is 0 Å². The largest absolute Gasteiger partial charge is 0.450 e. The summed E-state index contributed by atoms with van der Waals surface area (Å²) in [5, 5.41) is 6.74. The average molecular weight is 467 g/mol. The number of amides is 1. The molecule has 1 aromatic heterocycles. The molecule has 1 aliphatic heterocycles. The van der Waals surface area contributed by atoms with Gasteiger partial charge in [-0.25, -0.2) is 9.78 Å². The van der Waals surface area contributed by atoms with Crippen molar-refractivity contribution in [3.8, 4) is 0 Å². The fourth-order valence-corrected chi connectivity index (χ4v) is 3.19. The first-order valence-electron chi connectivity index (χ1n) is 7.91. The molecule has 0 atom stereocenters. The van der Waals surface area contributed by atoms with Crippen LogP contribution in [0.15, 0.2) is 10.5 Å². The summed E-state index contributed by atoms with van der Waals surface area (Å²) < 4.78 is 5.04. The van der Waals surface area contributed by atoms with Crippen LogP contribution in [0.1, 0.15) is 30.3 Å². The first-order valence-corrected chi connectivity index (χ1v) is 8.79. The number of nitrogens with one attached hydrogen (secondary N) is 2. The Hall–Kier alpha value is -1.10. The van der Waals surface area contributed by atoms with Gasteiger partial charge in [0.1, 0.15) is 0 Å². The van der Waals surface area contributed by atoms with Gasteiger partial charge in [0.05, 0.1) is 24.4 Å². The summed E-state index contributed by atoms with van der Waals surface area (Å²) in [7, 11) is 1.77. The molecule has 0 radical (unpaired) electrons. The smallest absolute Gasteiger partial charge is 0.409 e. The highest BCUT2D eigenvalue weighted by atomic mass is 127. The number of aryl methyl sites for hydroxylation is 1. The number of guanidine groups is 1. The fourth-order valence-electron chi connectivity index (χ4n) is 2.47. The van der Waals surface area contributed by atoms with Crippen LogP contribution in [0.2, 0.25) is 0 Å². The number of hydrogen-bond donors (Lipinski definition) is 2. The lowest BCUT2D eigenvalue weighted by atomic mass is 10.1. The van der Waals surface area contributed by atoms with Gasteiger partial charge < -0.3 is 20.3 Å². The number of ether oxygens (including phenoxy) is 1. The van der Waals surface area contributed by atoms with Crippen LogP contribution in [-0.2, 0) is 11.3 Å². The Morgan fingerprint density at radius 2 is 2.21 bits per heavy atom. The Balaban J connectivity index is 0.00000288. The number of likely N-dealkylation sites (tertiary alicyclic amines) is 1. The number of halogens is 1. The summed E-state index contributed by atoms with van der Waals surface area (Å²) in [6.45, 7) is 6.40. The second kappa shape index (κ2) is 10.7. The van der Waals surface area contributed by atoms with Crippen LogP contribution in [0.3, 0.4) is 0 Å². The fraction of sp³-hybridized carbons (Fsp3) is 0.667. The van der Waals surface area contributed by atoms with E-state index in [4.69, 9.17) is 4.74 Å². The standard InChI is InChI=1S/C15H25N5O2S.HI/c1-4-22-15(21)20-7-5-12(6-8-20)19-14(16-3)17-9-13-11(2)18-10-23-13;/h10,12H,4-9H2,1-3H3,(H2,16,17,19);1H. The van der Waals surface area contributed by atoms with Gasteiger partial charge in [0.15, 0.2) is 5.96 Å². The predicted molar refractivity (Wildman–Crippen MR) is 107 cm³/mol. The van der Waals surface area contributed by atoms with Crippen LogP contribution in [0, 0.1) is 6.92 Å². The average Bonchev–Trinajstić information content (AvgIpc) is 2.97. The number of piperidine rings is 1. The van der Waals surface area contributed by atoms with Crippen LogP contribution in [0.4, 0.5) is 4.79 Å². The van der Waals surface area contributed by atoms with Gasteiger partial charge in [0, 0.05) is 31.1 Å². The van der Waals surface area contributed by atoms with Gasteiger partial charge in [-0.15, -0.1) is 35.3 Å². The molecule has 0 unspecified atom stereocenters. The summed E-state index contributed by atoms with van der Waals surface area (Å²) >= 11 is 1.64. The van der Waals surface area contributed by atoms with Gasteiger partial charge >= 0.3 is 6.09 Å². The summed E-state index contributed by atoms with van der Waals surface area (Å²) in [4.78, 5) is 23.2. The van der Waals surface area contributed by atoms with E-state index in [0.29, 0.717) is 25.7 Å². The summed E-state index contributed by atoms with van der Waals surface area (Å²) in [5.41, 5.74) is 2.91. The lowest BCUT2D eigenvalue weighted by molar-refractivity contribution is 0.0963. The molecular formula is C15H26IN5O2S. The lowest BCUT2D eigenvalue weighted by Crippen LogP contribution is -2.49. The van der Waals surface area contributed by atoms with Crippen LogP contribution >= 0.6 is 35.3 Å². The molecule has 2 heterocycles. The number of carbonyl (C=O) groups is 1. The zero-order chi connectivity index (χ0) is 16.7. The van der Waals surface area contributed by atoms with Crippen molar-refractivity contribution in [2.24, 2.45) is 4.99 Å². The van der Waals surface area contributed by atoms with Crippen molar-refractivity contribution in [3.63, 3.8) is 0 Å². The molecule has 2 N–H and O–H groups in total. The Morgan fingerprint density at radius 1 is 1.50 bits per heavy atom. The van der Waals surface area contributed by atoms with Gasteiger partial charge in [-0.3, -0.25) is 4.99 Å². The van der Waals surface area contributed by atoms with Crippen molar-refractivity contribution in [2.45, 2.75) is 39.3 Å². The summed E-state index contributed by atoms with van der Waals surface area (Å²) in [5.74, 6) is 0.785. The Kier molecular flexibility index (Phi) is 9.34. The molecular weight excluding hydrogens is 441 g/mol. The number of hydrogen-bond acceptors (Lipinski definition) is 5. The first-order chi connectivity index (χ1) is 11.1. The third kappa shape index (κ3) is 6.08. The number of thiazole rings is 1. The van der Waals surface area contributed by atoms with Gasteiger partial charge in [0.2, 0.25) is 0 Å². The van der Waals surface area contributed by atoms with Gasteiger partial charge in [0.25, 0.3) is 0 Å². The minimum atomic E-state index is -0.214. The van der Waals surface area contributed by atoms with E-state index in [1.165, 1.54) is 4.88 Å². The third-order valence-corrected chi connectivity index (χ3v) is 4.78. The van der Waals surface area contributed by atoms with Gasteiger partial charge in [-0.1, -0.05) is 0 Å². The molecule has 1 fully saturated rings. The Morgan fingerprint density at radius 3 is 2.75 bits per heavy atom. The molecule has 0 bridgehead atoms. The minimum Gasteiger partial charge on any atom is -0.450 e. The zero-order valence-electron chi connectivity index (χ0n) is 14.4. The van der Waals surface area contributed by atoms with E-state index in [1.54, 1.807) is 23.3 Å².